The van der Waals surface area contributed by atoms with Crippen molar-refractivity contribution in [2.75, 3.05) is 24.6 Å². The lowest BCUT2D eigenvalue weighted by atomic mass is 9.98. The van der Waals surface area contributed by atoms with Crippen molar-refractivity contribution >= 4 is 11.5 Å². The van der Waals surface area contributed by atoms with Crippen molar-refractivity contribution in [3.8, 4) is 5.75 Å². The number of anilines is 1. The molecule has 0 atom stereocenters. The van der Waals surface area contributed by atoms with E-state index < -0.39 is 0 Å². The van der Waals surface area contributed by atoms with Crippen LogP contribution >= 0.6 is 0 Å². The molecule has 4 heterocycles. The van der Waals surface area contributed by atoms with Gasteiger partial charge in [0.15, 0.2) is 11.5 Å². The number of hydrogen-bond donors (Lipinski definition) is 0. The van der Waals surface area contributed by atoms with Gasteiger partial charge in [0, 0.05) is 37.0 Å². The largest absolute Gasteiger partial charge is 0.493 e. The van der Waals surface area contributed by atoms with Crippen LogP contribution in [0.3, 0.4) is 0 Å². The number of fused-ring (bicyclic) bond motifs is 1. The highest BCUT2D eigenvalue weighted by Gasteiger charge is 2.29. The molecule has 2 aliphatic rings. The molecule has 0 N–H and O–H groups in total. The summed E-state index contributed by atoms with van der Waals surface area (Å²) in [5, 5.41) is 13.4. The van der Waals surface area contributed by atoms with Gasteiger partial charge in [0.25, 0.3) is 0 Å². The van der Waals surface area contributed by atoms with E-state index in [2.05, 4.69) is 26.1 Å². The third kappa shape index (κ3) is 3.34. The first-order valence-corrected chi connectivity index (χ1v) is 9.78. The van der Waals surface area contributed by atoms with Crippen LogP contribution in [0.1, 0.15) is 43.0 Å². The molecule has 1 saturated carbocycles. The molecule has 0 unspecified atom stereocenters. The van der Waals surface area contributed by atoms with E-state index in [0.717, 1.165) is 61.1 Å². The summed E-state index contributed by atoms with van der Waals surface area (Å²) >= 11 is 0. The number of piperidine rings is 1. The summed E-state index contributed by atoms with van der Waals surface area (Å²) in [5.41, 5.74) is 1.93. The van der Waals surface area contributed by atoms with Gasteiger partial charge in [-0.05, 0) is 56.7 Å². The molecule has 0 spiro atoms. The molecule has 0 radical (unpaired) electrons. The second-order valence-corrected chi connectivity index (χ2v) is 7.68. The fraction of sp³-hybridized carbons (Fsp3) is 0.500. The Morgan fingerprint density at radius 3 is 2.70 bits per heavy atom. The molecule has 2 fully saturated rings. The molecule has 5 rings (SSSR count). The summed E-state index contributed by atoms with van der Waals surface area (Å²) in [6.07, 6.45) is 8.27. The minimum Gasteiger partial charge on any atom is -0.493 e. The molecule has 3 aromatic heterocycles. The van der Waals surface area contributed by atoms with Gasteiger partial charge < -0.3 is 9.64 Å². The zero-order valence-corrected chi connectivity index (χ0v) is 15.6. The molecule has 1 aliphatic heterocycles. The van der Waals surface area contributed by atoms with E-state index in [4.69, 9.17) is 9.84 Å². The van der Waals surface area contributed by atoms with Crippen LogP contribution in [-0.4, -0.2) is 44.5 Å². The molecular weight excluding hydrogens is 340 g/mol. The standard InChI is InChI=1S/C20H24N6O/c1-14-12-21-9-6-17(14)27-13-15-7-10-25(11-8-15)19-5-4-18-22-23-20(16-2-3-16)26(18)24-19/h4-6,9,12,15-16H,2-3,7-8,10-11,13H2,1H3. The third-order valence-electron chi connectivity index (χ3n) is 5.60. The average molecular weight is 364 g/mol. The number of ether oxygens (including phenoxy) is 1. The van der Waals surface area contributed by atoms with Gasteiger partial charge in [-0.2, -0.15) is 4.52 Å². The second-order valence-electron chi connectivity index (χ2n) is 7.68. The summed E-state index contributed by atoms with van der Waals surface area (Å²) in [7, 11) is 0. The fourth-order valence-electron chi connectivity index (χ4n) is 3.72. The Morgan fingerprint density at radius 2 is 1.93 bits per heavy atom. The zero-order chi connectivity index (χ0) is 18.2. The Hall–Kier alpha value is -2.70. The van der Waals surface area contributed by atoms with Crippen molar-refractivity contribution < 1.29 is 4.74 Å². The normalized spacial score (nSPS) is 18.2. The van der Waals surface area contributed by atoms with Crippen LogP contribution in [0.5, 0.6) is 5.75 Å². The predicted molar refractivity (Wildman–Crippen MR) is 102 cm³/mol. The molecule has 27 heavy (non-hydrogen) atoms. The molecule has 0 aromatic carbocycles. The first-order valence-electron chi connectivity index (χ1n) is 9.78. The number of hydrogen-bond acceptors (Lipinski definition) is 6. The Bertz CT molecular complexity index is 943. The maximum atomic E-state index is 6.02. The van der Waals surface area contributed by atoms with Crippen molar-refractivity contribution in [1.29, 1.82) is 0 Å². The Morgan fingerprint density at radius 1 is 1.07 bits per heavy atom. The quantitative estimate of drug-likeness (QED) is 0.693. The van der Waals surface area contributed by atoms with Crippen molar-refractivity contribution in [1.82, 2.24) is 24.8 Å². The maximum Gasteiger partial charge on any atom is 0.178 e. The van der Waals surface area contributed by atoms with Crippen LogP contribution in [0.25, 0.3) is 5.65 Å². The fourth-order valence-corrected chi connectivity index (χ4v) is 3.72. The van der Waals surface area contributed by atoms with E-state index in [1.165, 1.54) is 12.8 Å². The Kier molecular flexibility index (Phi) is 4.14. The summed E-state index contributed by atoms with van der Waals surface area (Å²) in [6.45, 7) is 4.81. The average Bonchev–Trinajstić information content (AvgIpc) is 3.46. The van der Waals surface area contributed by atoms with Crippen molar-refractivity contribution in [2.45, 2.75) is 38.5 Å². The molecule has 0 amide bonds. The monoisotopic (exact) mass is 364 g/mol. The minimum atomic E-state index is 0.544. The van der Waals surface area contributed by atoms with Crippen LogP contribution in [0.4, 0.5) is 5.82 Å². The van der Waals surface area contributed by atoms with Crippen LogP contribution in [0.15, 0.2) is 30.6 Å². The molecule has 0 bridgehead atoms. The highest BCUT2D eigenvalue weighted by Crippen LogP contribution is 2.38. The van der Waals surface area contributed by atoms with Crippen molar-refractivity contribution in [3.05, 3.63) is 42.0 Å². The van der Waals surface area contributed by atoms with Crippen LogP contribution < -0.4 is 9.64 Å². The number of pyridine rings is 1. The maximum absolute atomic E-state index is 6.02. The van der Waals surface area contributed by atoms with Gasteiger partial charge in [-0.15, -0.1) is 15.3 Å². The van der Waals surface area contributed by atoms with Gasteiger partial charge in [-0.1, -0.05) is 0 Å². The lowest BCUT2D eigenvalue weighted by molar-refractivity contribution is 0.221. The van der Waals surface area contributed by atoms with E-state index in [9.17, 15) is 0 Å². The van der Waals surface area contributed by atoms with E-state index in [1.54, 1.807) is 6.20 Å². The lowest BCUT2D eigenvalue weighted by Gasteiger charge is -2.32. The molecule has 7 heteroatoms. The van der Waals surface area contributed by atoms with Gasteiger partial charge in [0.05, 0.1) is 6.61 Å². The Balaban J connectivity index is 1.22. The summed E-state index contributed by atoms with van der Waals surface area (Å²) in [4.78, 5) is 6.48. The van der Waals surface area contributed by atoms with Gasteiger partial charge >= 0.3 is 0 Å². The molecule has 1 saturated heterocycles. The first kappa shape index (κ1) is 16.5. The SMILES string of the molecule is Cc1cnccc1OCC1CCN(c2ccc3nnc(C4CC4)n3n2)CC1. The predicted octanol–water partition coefficient (Wildman–Crippen LogP) is 3.00. The van der Waals surface area contributed by atoms with Crippen LogP contribution in [0.2, 0.25) is 0 Å². The number of nitrogens with zero attached hydrogens (tertiary/aromatic N) is 6. The van der Waals surface area contributed by atoms with Crippen LogP contribution in [0, 0.1) is 12.8 Å². The molecule has 7 nitrogen and oxygen atoms in total. The molecular formula is C20H24N6O. The topological polar surface area (TPSA) is 68.4 Å². The smallest absolute Gasteiger partial charge is 0.178 e. The third-order valence-corrected chi connectivity index (χ3v) is 5.60. The number of aryl methyl sites for hydroxylation is 1. The molecule has 3 aromatic rings. The van der Waals surface area contributed by atoms with Gasteiger partial charge in [-0.3, -0.25) is 4.98 Å². The highest BCUT2D eigenvalue weighted by atomic mass is 16.5. The first-order chi connectivity index (χ1) is 13.3. The van der Waals surface area contributed by atoms with E-state index >= 15 is 0 Å². The van der Waals surface area contributed by atoms with E-state index in [1.807, 2.05) is 29.8 Å². The number of rotatable bonds is 5. The molecule has 140 valence electrons. The minimum absolute atomic E-state index is 0.544. The van der Waals surface area contributed by atoms with E-state index in [0.29, 0.717) is 11.8 Å². The lowest BCUT2D eigenvalue weighted by Crippen LogP contribution is -2.36. The van der Waals surface area contributed by atoms with Gasteiger partial charge in [0.1, 0.15) is 11.6 Å². The summed E-state index contributed by atoms with van der Waals surface area (Å²) < 4.78 is 7.96. The molecule has 1 aliphatic carbocycles. The van der Waals surface area contributed by atoms with Crippen molar-refractivity contribution in [2.24, 2.45) is 5.92 Å². The zero-order valence-electron chi connectivity index (χ0n) is 15.6. The van der Waals surface area contributed by atoms with E-state index in [-0.39, 0.29) is 0 Å². The van der Waals surface area contributed by atoms with Gasteiger partial charge in [-0.25, -0.2) is 0 Å². The van der Waals surface area contributed by atoms with Crippen molar-refractivity contribution in [3.63, 3.8) is 0 Å². The number of aromatic nitrogens is 5. The van der Waals surface area contributed by atoms with Gasteiger partial charge in [0.2, 0.25) is 0 Å². The van der Waals surface area contributed by atoms with Crippen LogP contribution in [-0.2, 0) is 0 Å². The Labute approximate surface area is 158 Å². The summed E-state index contributed by atoms with van der Waals surface area (Å²) in [5.74, 6) is 4.10. The second kappa shape index (κ2) is 6.79. The summed E-state index contributed by atoms with van der Waals surface area (Å²) in [6, 6.07) is 6.04. The highest BCUT2D eigenvalue weighted by molar-refractivity contribution is 5.46.